The number of benzene rings is 2. The zero-order chi connectivity index (χ0) is 18.5. The lowest BCUT2D eigenvalue weighted by molar-refractivity contribution is 0.0600. The fourth-order valence-electron chi connectivity index (χ4n) is 2.46. The van der Waals surface area contributed by atoms with E-state index in [1.807, 2.05) is 30.3 Å². The summed E-state index contributed by atoms with van der Waals surface area (Å²) in [5.74, 6) is 0.748. The number of hydrogen-bond donors (Lipinski definition) is 0. The monoisotopic (exact) mass is 462 g/mol. The molecule has 0 aliphatic heterocycles. The molecule has 0 unspecified atom stereocenters. The number of halogens is 1. The van der Waals surface area contributed by atoms with Crippen molar-refractivity contribution >= 4 is 34.8 Å². The highest BCUT2D eigenvalue weighted by Crippen LogP contribution is 2.37. The lowest BCUT2D eigenvalue weighted by Gasteiger charge is -2.14. The van der Waals surface area contributed by atoms with E-state index in [2.05, 4.69) is 22.6 Å². The number of rotatable bonds is 6. The lowest BCUT2D eigenvalue weighted by atomic mass is 10.1. The number of esters is 1. The first-order valence-electron chi connectivity index (χ1n) is 7.76. The zero-order valence-corrected chi connectivity index (χ0v) is 16.1. The Morgan fingerprint density at radius 2 is 1.92 bits per heavy atom. The molecule has 6 heteroatoms. The molecule has 0 amide bonds. The Kier molecular flexibility index (Phi) is 5.72. The smallest absolute Gasteiger partial charge is 0.338 e. The van der Waals surface area contributed by atoms with Crippen LogP contribution in [0.25, 0.3) is 11.3 Å². The topological polar surface area (TPSA) is 65.7 Å². The molecule has 0 atom stereocenters. The van der Waals surface area contributed by atoms with Crippen molar-refractivity contribution in [2.75, 3.05) is 7.11 Å². The number of methoxy groups -OCH3 is 1. The molecule has 2 aromatic carbocycles. The van der Waals surface area contributed by atoms with Gasteiger partial charge in [0.05, 0.1) is 18.2 Å². The highest BCUT2D eigenvalue weighted by molar-refractivity contribution is 14.1. The van der Waals surface area contributed by atoms with Crippen molar-refractivity contribution in [3.63, 3.8) is 0 Å². The number of furan rings is 1. The van der Waals surface area contributed by atoms with Crippen LogP contribution >= 0.6 is 22.6 Å². The van der Waals surface area contributed by atoms with E-state index in [1.165, 1.54) is 7.11 Å². The normalized spacial score (nSPS) is 10.4. The predicted molar refractivity (Wildman–Crippen MR) is 104 cm³/mol. The molecule has 5 nitrogen and oxygen atoms in total. The average molecular weight is 462 g/mol. The molecule has 1 aromatic heterocycles. The van der Waals surface area contributed by atoms with Crippen LogP contribution in [-0.2, 0) is 11.3 Å². The third-order valence-electron chi connectivity index (χ3n) is 3.70. The van der Waals surface area contributed by atoms with E-state index in [1.54, 1.807) is 24.3 Å². The van der Waals surface area contributed by atoms with Crippen LogP contribution in [0.15, 0.2) is 59.0 Å². The van der Waals surface area contributed by atoms with Crippen LogP contribution in [-0.4, -0.2) is 19.4 Å². The molecule has 3 aromatic rings. The van der Waals surface area contributed by atoms with Crippen LogP contribution < -0.4 is 4.74 Å². The molecule has 0 aliphatic carbocycles. The van der Waals surface area contributed by atoms with E-state index in [0.29, 0.717) is 35.5 Å². The summed E-state index contributed by atoms with van der Waals surface area (Å²) in [4.78, 5) is 22.9. The highest BCUT2D eigenvalue weighted by atomic mass is 127. The van der Waals surface area contributed by atoms with Gasteiger partial charge in [-0.15, -0.1) is 0 Å². The first kappa shape index (κ1) is 18.2. The molecule has 0 fully saturated rings. The lowest BCUT2D eigenvalue weighted by Crippen LogP contribution is -2.05. The maximum atomic E-state index is 11.9. The molecular weight excluding hydrogens is 447 g/mol. The van der Waals surface area contributed by atoms with Crippen molar-refractivity contribution in [1.82, 2.24) is 0 Å². The quantitative estimate of drug-likeness (QED) is 0.301. The standard InChI is InChI=1S/C20H15IO5/c1-24-20(23)14-9-16(21)19(17-8-7-15(11-22)26-17)18(10-14)25-12-13-5-3-2-4-6-13/h2-11H,12H2,1H3. The first-order valence-corrected chi connectivity index (χ1v) is 8.84. The first-order chi connectivity index (χ1) is 12.6. The Labute approximate surface area is 164 Å². The van der Waals surface area contributed by atoms with E-state index in [0.717, 1.165) is 9.13 Å². The van der Waals surface area contributed by atoms with Gasteiger partial charge in [-0.3, -0.25) is 4.79 Å². The molecule has 0 saturated carbocycles. The third-order valence-corrected chi connectivity index (χ3v) is 4.55. The second kappa shape index (κ2) is 8.18. The van der Waals surface area contributed by atoms with E-state index in [9.17, 15) is 9.59 Å². The van der Waals surface area contributed by atoms with E-state index < -0.39 is 5.97 Å². The SMILES string of the molecule is COC(=O)c1cc(I)c(-c2ccc(C=O)o2)c(OCc2ccccc2)c1. The average Bonchev–Trinajstić information content (AvgIpc) is 3.14. The molecule has 0 radical (unpaired) electrons. The van der Waals surface area contributed by atoms with Gasteiger partial charge in [0.25, 0.3) is 0 Å². The summed E-state index contributed by atoms with van der Waals surface area (Å²) in [6.45, 7) is 0.329. The largest absolute Gasteiger partial charge is 0.488 e. The summed E-state index contributed by atoms with van der Waals surface area (Å²) in [5, 5.41) is 0. The minimum Gasteiger partial charge on any atom is -0.488 e. The molecule has 1 heterocycles. The second-order valence-corrected chi connectivity index (χ2v) is 6.58. The van der Waals surface area contributed by atoms with Gasteiger partial charge in [-0.1, -0.05) is 30.3 Å². The van der Waals surface area contributed by atoms with Gasteiger partial charge in [0.1, 0.15) is 18.1 Å². The maximum Gasteiger partial charge on any atom is 0.338 e. The number of carbonyl (C=O) groups is 2. The van der Waals surface area contributed by atoms with Crippen molar-refractivity contribution in [1.29, 1.82) is 0 Å². The Morgan fingerprint density at radius 1 is 1.15 bits per heavy atom. The minimum atomic E-state index is -0.452. The molecule has 0 bridgehead atoms. The summed E-state index contributed by atoms with van der Waals surface area (Å²) < 4.78 is 17.1. The van der Waals surface area contributed by atoms with Crippen LogP contribution in [0, 0.1) is 3.57 Å². The summed E-state index contributed by atoms with van der Waals surface area (Å²) in [6.07, 6.45) is 0.643. The molecular formula is C20H15IO5. The zero-order valence-electron chi connectivity index (χ0n) is 13.9. The number of ether oxygens (including phenoxy) is 2. The van der Waals surface area contributed by atoms with Gasteiger partial charge in [0, 0.05) is 3.57 Å². The molecule has 0 aliphatic rings. The molecule has 132 valence electrons. The predicted octanol–water partition coefficient (Wildman–Crippen LogP) is 4.73. The fraction of sp³-hybridized carbons (Fsp3) is 0.100. The molecule has 0 spiro atoms. The summed E-state index contributed by atoms with van der Waals surface area (Å²) >= 11 is 2.10. The van der Waals surface area contributed by atoms with Gasteiger partial charge in [-0.25, -0.2) is 4.79 Å². The summed E-state index contributed by atoms with van der Waals surface area (Å²) in [7, 11) is 1.33. The van der Waals surface area contributed by atoms with Gasteiger partial charge in [-0.2, -0.15) is 0 Å². The number of aldehydes is 1. The maximum absolute atomic E-state index is 11.9. The van der Waals surface area contributed by atoms with Gasteiger partial charge in [0.2, 0.25) is 0 Å². The summed E-state index contributed by atoms with van der Waals surface area (Å²) in [6, 6.07) is 16.3. The number of carbonyl (C=O) groups excluding carboxylic acids is 2. The number of hydrogen-bond acceptors (Lipinski definition) is 5. The minimum absolute atomic E-state index is 0.224. The fourth-order valence-corrected chi connectivity index (χ4v) is 3.32. The van der Waals surface area contributed by atoms with E-state index >= 15 is 0 Å². The summed E-state index contributed by atoms with van der Waals surface area (Å²) in [5.41, 5.74) is 2.05. The Hall–Kier alpha value is -2.61. The molecule has 26 heavy (non-hydrogen) atoms. The van der Waals surface area contributed by atoms with Crippen molar-refractivity contribution in [2.24, 2.45) is 0 Å². The van der Waals surface area contributed by atoms with Gasteiger partial charge in [-0.05, 0) is 52.4 Å². The second-order valence-electron chi connectivity index (χ2n) is 5.42. The van der Waals surface area contributed by atoms with Crippen molar-refractivity contribution in [2.45, 2.75) is 6.61 Å². The van der Waals surface area contributed by atoms with Crippen LogP contribution in [0.1, 0.15) is 26.5 Å². The van der Waals surface area contributed by atoms with Crippen molar-refractivity contribution < 1.29 is 23.5 Å². The van der Waals surface area contributed by atoms with Crippen LogP contribution in [0.5, 0.6) is 5.75 Å². The van der Waals surface area contributed by atoms with Crippen molar-refractivity contribution in [3.05, 3.63) is 75.1 Å². The van der Waals surface area contributed by atoms with Crippen LogP contribution in [0.4, 0.5) is 0 Å². The highest BCUT2D eigenvalue weighted by Gasteiger charge is 2.19. The molecule has 3 rings (SSSR count). The van der Waals surface area contributed by atoms with E-state index in [4.69, 9.17) is 13.9 Å². The van der Waals surface area contributed by atoms with Crippen LogP contribution in [0.2, 0.25) is 0 Å². The molecule has 0 saturated heterocycles. The van der Waals surface area contributed by atoms with Gasteiger partial charge >= 0.3 is 5.97 Å². The third kappa shape index (κ3) is 3.96. The Morgan fingerprint density at radius 3 is 2.58 bits per heavy atom. The molecule has 0 N–H and O–H groups in total. The van der Waals surface area contributed by atoms with E-state index in [-0.39, 0.29) is 5.76 Å². The Bertz CT molecular complexity index is 931. The Balaban J connectivity index is 2.03. The van der Waals surface area contributed by atoms with Crippen molar-refractivity contribution in [3.8, 4) is 17.1 Å². The van der Waals surface area contributed by atoms with Gasteiger partial charge < -0.3 is 13.9 Å². The van der Waals surface area contributed by atoms with Crippen LogP contribution in [0.3, 0.4) is 0 Å². The van der Waals surface area contributed by atoms with Gasteiger partial charge in [0.15, 0.2) is 12.0 Å².